The molecular formula is C19H24N2O5S2. The van der Waals surface area contributed by atoms with Gasteiger partial charge < -0.3 is 14.8 Å². The standard InChI is InChI=1S/C19H24N2O5S2/c1-13(22)20-16-11-15(7-9-19(16)27-5)28(23,24)21(2)12-14-6-8-17(25-3)18(10-14)26-4/h6-11H,12H2,1-5H3,(H,20,22). The molecule has 0 radical (unpaired) electrons. The fourth-order valence-electron chi connectivity index (χ4n) is 2.64. The van der Waals surface area contributed by atoms with Crippen LogP contribution in [-0.4, -0.2) is 46.2 Å². The molecule has 28 heavy (non-hydrogen) atoms. The molecule has 0 aliphatic heterocycles. The number of hydrogen-bond donors (Lipinski definition) is 1. The molecule has 0 aliphatic rings. The molecule has 0 spiro atoms. The minimum atomic E-state index is -3.76. The Morgan fingerprint density at radius 2 is 1.79 bits per heavy atom. The van der Waals surface area contributed by atoms with Gasteiger partial charge in [-0.25, -0.2) is 8.42 Å². The molecule has 0 unspecified atom stereocenters. The lowest BCUT2D eigenvalue weighted by atomic mass is 10.2. The monoisotopic (exact) mass is 424 g/mol. The third-order valence-electron chi connectivity index (χ3n) is 4.04. The molecule has 0 bridgehead atoms. The van der Waals surface area contributed by atoms with Gasteiger partial charge in [0.25, 0.3) is 0 Å². The zero-order valence-corrected chi connectivity index (χ0v) is 18.1. The summed E-state index contributed by atoms with van der Waals surface area (Å²) in [6.45, 7) is 1.54. The summed E-state index contributed by atoms with van der Waals surface area (Å²) in [5, 5.41) is 2.68. The molecule has 0 aromatic heterocycles. The van der Waals surface area contributed by atoms with Crippen molar-refractivity contribution in [2.24, 2.45) is 0 Å². The first-order chi connectivity index (χ1) is 13.2. The van der Waals surface area contributed by atoms with E-state index in [2.05, 4.69) is 5.32 Å². The Balaban J connectivity index is 2.32. The van der Waals surface area contributed by atoms with Crippen molar-refractivity contribution in [2.75, 3.05) is 32.8 Å². The Morgan fingerprint density at radius 3 is 2.36 bits per heavy atom. The van der Waals surface area contributed by atoms with Gasteiger partial charge >= 0.3 is 0 Å². The van der Waals surface area contributed by atoms with Crippen LogP contribution in [-0.2, 0) is 21.4 Å². The number of nitrogens with one attached hydrogen (secondary N) is 1. The first-order valence-corrected chi connectivity index (χ1v) is 11.0. The number of sulfonamides is 1. The maximum absolute atomic E-state index is 13.0. The second kappa shape index (κ2) is 9.31. The second-order valence-electron chi connectivity index (χ2n) is 5.99. The fraction of sp³-hybridized carbons (Fsp3) is 0.316. The number of methoxy groups -OCH3 is 2. The second-order valence-corrected chi connectivity index (χ2v) is 8.89. The molecule has 0 atom stereocenters. The van der Waals surface area contributed by atoms with E-state index in [1.54, 1.807) is 31.4 Å². The van der Waals surface area contributed by atoms with Gasteiger partial charge in [0.2, 0.25) is 15.9 Å². The SMILES string of the molecule is COc1ccc(CN(C)S(=O)(=O)c2ccc(SC)c(NC(C)=O)c2)cc1OC. The summed E-state index contributed by atoms with van der Waals surface area (Å²) in [5.41, 5.74) is 1.23. The van der Waals surface area contributed by atoms with Crippen molar-refractivity contribution >= 4 is 33.4 Å². The summed E-state index contributed by atoms with van der Waals surface area (Å²) >= 11 is 1.43. The number of anilines is 1. The summed E-state index contributed by atoms with van der Waals surface area (Å²) < 4.78 is 37.7. The van der Waals surface area contributed by atoms with Gasteiger partial charge in [0.1, 0.15) is 0 Å². The Kier molecular flexibility index (Phi) is 7.34. The highest BCUT2D eigenvalue weighted by Crippen LogP contribution is 2.31. The van der Waals surface area contributed by atoms with Gasteiger partial charge in [0.05, 0.1) is 24.8 Å². The molecule has 0 fully saturated rings. The van der Waals surface area contributed by atoms with Gasteiger partial charge in [0, 0.05) is 25.4 Å². The van der Waals surface area contributed by atoms with E-state index < -0.39 is 10.0 Å². The summed E-state index contributed by atoms with van der Waals surface area (Å²) in [6.07, 6.45) is 1.86. The van der Waals surface area contributed by atoms with Crippen molar-refractivity contribution in [3.63, 3.8) is 0 Å². The third kappa shape index (κ3) is 4.98. The van der Waals surface area contributed by atoms with E-state index in [9.17, 15) is 13.2 Å². The maximum atomic E-state index is 13.0. The Hall–Kier alpha value is -2.23. The topological polar surface area (TPSA) is 84.9 Å². The van der Waals surface area contributed by atoms with E-state index in [1.807, 2.05) is 6.26 Å². The molecule has 9 heteroatoms. The van der Waals surface area contributed by atoms with E-state index in [0.717, 1.165) is 10.5 Å². The number of nitrogens with zero attached hydrogens (tertiary/aromatic N) is 1. The quantitative estimate of drug-likeness (QED) is 0.655. The average molecular weight is 425 g/mol. The summed E-state index contributed by atoms with van der Waals surface area (Å²) in [7, 11) is 0.819. The number of benzene rings is 2. The lowest BCUT2D eigenvalue weighted by Crippen LogP contribution is -2.26. The van der Waals surface area contributed by atoms with Crippen LogP contribution in [0.2, 0.25) is 0 Å². The highest BCUT2D eigenvalue weighted by atomic mass is 32.2. The van der Waals surface area contributed by atoms with Gasteiger partial charge in [-0.2, -0.15) is 4.31 Å². The number of carbonyl (C=O) groups is 1. The zero-order chi connectivity index (χ0) is 20.9. The van der Waals surface area contributed by atoms with Crippen LogP contribution in [0.3, 0.4) is 0 Å². The number of hydrogen-bond acceptors (Lipinski definition) is 6. The first-order valence-electron chi connectivity index (χ1n) is 8.35. The predicted octanol–water partition coefficient (Wildman–Crippen LogP) is 3.20. The lowest BCUT2D eigenvalue weighted by Gasteiger charge is -2.19. The molecule has 152 valence electrons. The van der Waals surface area contributed by atoms with Crippen molar-refractivity contribution < 1.29 is 22.7 Å². The van der Waals surface area contributed by atoms with Crippen LogP contribution < -0.4 is 14.8 Å². The highest BCUT2D eigenvalue weighted by Gasteiger charge is 2.23. The average Bonchev–Trinajstić information content (AvgIpc) is 2.67. The van der Waals surface area contributed by atoms with Gasteiger partial charge in [-0.3, -0.25) is 4.79 Å². The number of thioether (sulfide) groups is 1. The number of carbonyl (C=O) groups excluding carboxylic acids is 1. The molecule has 0 saturated heterocycles. The van der Waals surface area contributed by atoms with Crippen LogP contribution in [0, 0.1) is 0 Å². The molecule has 7 nitrogen and oxygen atoms in total. The largest absolute Gasteiger partial charge is 0.493 e. The number of ether oxygens (including phenoxy) is 2. The van der Waals surface area contributed by atoms with E-state index in [-0.39, 0.29) is 17.3 Å². The van der Waals surface area contributed by atoms with Crippen LogP contribution >= 0.6 is 11.8 Å². The van der Waals surface area contributed by atoms with Crippen molar-refractivity contribution in [3.05, 3.63) is 42.0 Å². The summed E-state index contributed by atoms with van der Waals surface area (Å²) in [4.78, 5) is 12.3. The first kappa shape index (κ1) is 22.1. The Bertz CT molecular complexity index is 961. The summed E-state index contributed by atoms with van der Waals surface area (Å²) in [5.74, 6) is 0.843. The smallest absolute Gasteiger partial charge is 0.243 e. The maximum Gasteiger partial charge on any atom is 0.243 e. The molecule has 2 rings (SSSR count). The molecule has 1 amide bonds. The lowest BCUT2D eigenvalue weighted by molar-refractivity contribution is -0.114. The van der Waals surface area contributed by atoms with Gasteiger partial charge in [-0.05, 0) is 42.2 Å². The minimum Gasteiger partial charge on any atom is -0.493 e. The molecule has 2 aromatic carbocycles. The van der Waals surface area contributed by atoms with Crippen molar-refractivity contribution in [3.8, 4) is 11.5 Å². The van der Waals surface area contributed by atoms with Crippen LogP contribution in [0.1, 0.15) is 12.5 Å². The normalized spacial score (nSPS) is 11.4. The number of amides is 1. The predicted molar refractivity (Wildman–Crippen MR) is 111 cm³/mol. The van der Waals surface area contributed by atoms with E-state index >= 15 is 0 Å². The zero-order valence-electron chi connectivity index (χ0n) is 16.5. The highest BCUT2D eigenvalue weighted by molar-refractivity contribution is 7.98. The van der Waals surface area contributed by atoms with Crippen LogP contribution in [0.5, 0.6) is 11.5 Å². The van der Waals surface area contributed by atoms with Crippen LogP contribution in [0.4, 0.5) is 5.69 Å². The van der Waals surface area contributed by atoms with Crippen LogP contribution in [0.25, 0.3) is 0 Å². The minimum absolute atomic E-state index is 0.108. The van der Waals surface area contributed by atoms with E-state index in [0.29, 0.717) is 17.2 Å². The Morgan fingerprint density at radius 1 is 1.11 bits per heavy atom. The summed E-state index contributed by atoms with van der Waals surface area (Å²) in [6, 6.07) is 9.96. The van der Waals surface area contributed by atoms with Crippen molar-refractivity contribution in [2.45, 2.75) is 23.3 Å². The molecule has 0 aliphatic carbocycles. The molecule has 1 N–H and O–H groups in total. The van der Waals surface area contributed by atoms with Gasteiger partial charge in [-0.15, -0.1) is 11.8 Å². The van der Waals surface area contributed by atoms with Gasteiger partial charge in [-0.1, -0.05) is 6.07 Å². The van der Waals surface area contributed by atoms with Crippen molar-refractivity contribution in [1.82, 2.24) is 4.31 Å². The third-order valence-corrected chi connectivity index (χ3v) is 6.64. The number of rotatable bonds is 8. The molecular weight excluding hydrogens is 400 g/mol. The van der Waals surface area contributed by atoms with E-state index in [4.69, 9.17) is 9.47 Å². The van der Waals surface area contributed by atoms with Gasteiger partial charge in [0.15, 0.2) is 11.5 Å². The van der Waals surface area contributed by atoms with Crippen LogP contribution in [0.15, 0.2) is 46.2 Å². The molecule has 0 heterocycles. The van der Waals surface area contributed by atoms with E-state index in [1.165, 1.54) is 49.3 Å². The molecule has 0 saturated carbocycles. The molecule has 2 aromatic rings. The Labute approximate surface area is 170 Å². The van der Waals surface area contributed by atoms with Crippen molar-refractivity contribution in [1.29, 1.82) is 0 Å². The fourth-order valence-corrected chi connectivity index (χ4v) is 4.36.